The summed E-state index contributed by atoms with van der Waals surface area (Å²) in [6, 6.07) is 0. The van der Waals surface area contributed by atoms with Gasteiger partial charge in [-0.3, -0.25) is 9.59 Å². The van der Waals surface area contributed by atoms with E-state index in [0.717, 1.165) is 18.9 Å². The smallest absolute Gasteiger partial charge is 0.225 e. The van der Waals surface area contributed by atoms with E-state index in [2.05, 4.69) is 10.6 Å². The Morgan fingerprint density at radius 1 is 1.00 bits per heavy atom. The number of hydrogen-bond donors (Lipinski definition) is 2. The van der Waals surface area contributed by atoms with Gasteiger partial charge in [0.05, 0.1) is 0 Å². The summed E-state index contributed by atoms with van der Waals surface area (Å²) in [5.41, 5.74) is -0.359. The van der Waals surface area contributed by atoms with Crippen LogP contribution in [0.1, 0.15) is 72.1 Å². The van der Waals surface area contributed by atoms with Crippen molar-refractivity contribution in [1.29, 1.82) is 0 Å². The fourth-order valence-corrected chi connectivity index (χ4v) is 2.72. The second-order valence-corrected chi connectivity index (χ2v) is 7.25. The monoisotopic (exact) mass is 296 g/mol. The van der Waals surface area contributed by atoms with Crippen LogP contribution in [0.2, 0.25) is 0 Å². The zero-order valence-corrected chi connectivity index (χ0v) is 14.0. The quantitative estimate of drug-likeness (QED) is 0.676. The lowest BCUT2D eigenvalue weighted by Gasteiger charge is -2.17. The molecule has 122 valence electrons. The van der Waals surface area contributed by atoms with Crippen molar-refractivity contribution in [2.45, 2.75) is 72.1 Å². The van der Waals surface area contributed by atoms with Gasteiger partial charge in [-0.25, -0.2) is 0 Å². The predicted octanol–water partition coefficient (Wildman–Crippen LogP) is 3.02. The Balaban J connectivity index is 1.95. The minimum Gasteiger partial charge on any atom is -0.356 e. The summed E-state index contributed by atoms with van der Waals surface area (Å²) in [7, 11) is 0. The highest BCUT2D eigenvalue weighted by Gasteiger charge is 2.20. The highest BCUT2D eigenvalue weighted by atomic mass is 16.2. The average molecular weight is 296 g/mol. The second-order valence-electron chi connectivity index (χ2n) is 7.25. The molecule has 2 amide bonds. The Morgan fingerprint density at radius 2 is 1.62 bits per heavy atom. The van der Waals surface area contributed by atoms with Crippen molar-refractivity contribution in [3.8, 4) is 0 Å². The Hall–Kier alpha value is -1.06. The minimum absolute atomic E-state index is 0.0412. The Kier molecular flexibility index (Phi) is 7.76. The van der Waals surface area contributed by atoms with Gasteiger partial charge in [-0.2, -0.15) is 0 Å². The van der Waals surface area contributed by atoms with Gasteiger partial charge in [-0.1, -0.05) is 46.5 Å². The van der Waals surface area contributed by atoms with E-state index in [1.165, 1.54) is 32.1 Å². The summed E-state index contributed by atoms with van der Waals surface area (Å²) in [6.07, 6.45) is 9.07. The normalized spacial score (nSPS) is 16.0. The molecule has 1 rings (SSSR count). The molecule has 0 unspecified atom stereocenters. The molecule has 0 bridgehead atoms. The van der Waals surface area contributed by atoms with E-state index in [1.807, 2.05) is 20.8 Å². The van der Waals surface area contributed by atoms with Gasteiger partial charge in [0.2, 0.25) is 11.8 Å². The summed E-state index contributed by atoms with van der Waals surface area (Å²) in [6.45, 7) is 7.04. The molecule has 0 heterocycles. The summed E-state index contributed by atoms with van der Waals surface area (Å²) >= 11 is 0. The maximum absolute atomic E-state index is 11.7. The molecule has 0 radical (unpaired) electrons. The lowest BCUT2D eigenvalue weighted by molar-refractivity contribution is -0.128. The zero-order valence-electron chi connectivity index (χ0n) is 14.0. The summed E-state index contributed by atoms with van der Waals surface area (Å²) in [4.78, 5) is 23.3. The van der Waals surface area contributed by atoms with Crippen LogP contribution in [0.5, 0.6) is 0 Å². The highest BCUT2D eigenvalue weighted by Crippen LogP contribution is 2.28. The molecule has 1 saturated carbocycles. The maximum Gasteiger partial charge on any atom is 0.225 e. The van der Waals surface area contributed by atoms with Crippen LogP contribution in [0.15, 0.2) is 0 Å². The topological polar surface area (TPSA) is 58.2 Å². The van der Waals surface area contributed by atoms with E-state index in [0.29, 0.717) is 19.4 Å². The fraction of sp³-hybridized carbons (Fsp3) is 0.882. The van der Waals surface area contributed by atoms with Crippen LogP contribution in [0, 0.1) is 11.3 Å². The first-order valence-corrected chi connectivity index (χ1v) is 8.44. The van der Waals surface area contributed by atoms with Crippen molar-refractivity contribution in [2.24, 2.45) is 11.3 Å². The molecule has 21 heavy (non-hydrogen) atoms. The molecule has 0 aliphatic heterocycles. The summed E-state index contributed by atoms with van der Waals surface area (Å²) < 4.78 is 0. The van der Waals surface area contributed by atoms with E-state index in [9.17, 15) is 9.59 Å². The molecule has 1 aliphatic rings. The molecule has 0 atom stereocenters. The van der Waals surface area contributed by atoms with Gasteiger partial charge < -0.3 is 10.6 Å². The lowest BCUT2D eigenvalue weighted by Crippen LogP contribution is -2.35. The van der Waals surface area contributed by atoms with Crippen molar-refractivity contribution in [1.82, 2.24) is 10.6 Å². The zero-order chi connectivity index (χ0) is 15.7. The molecule has 1 fully saturated rings. The third-order valence-electron chi connectivity index (χ3n) is 4.13. The van der Waals surface area contributed by atoms with Crippen LogP contribution >= 0.6 is 0 Å². The lowest BCUT2D eigenvalue weighted by atomic mass is 9.96. The molecular formula is C17H32N2O2. The molecule has 4 nitrogen and oxygen atoms in total. The van der Waals surface area contributed by atoms with Gasteiger partial charge in [0, 0.05) is 24.9 Å². The molecule has 0 spiro atoms. The summed E-state index contributed by atoms with van der Waals surface area (Å²) in [5.74, 6) is 1.04. The molecule has 4 heteroatoms. The Labute approximate surface area is 129 Å². The Bertz CT molecular complexity index is 328. The first kappa shape index (κ1) is 18.0. The van der Waals surface area contributed by atoms with Gasteiger partial charge in [-0.05, 0) is 25.2 Å². The summed E-state index contributed by atoms with van der Waals surface area (Å²) in [5, 5.41) is 5.84. The van der Waals surface area contributed by atoms with Crippen LogP contribution in [0.4, 0.5) is 0 Å². The standard InChI is InChI=1S/C17H32N2O2/c1-17(2,3)16(21)19-13-7-11-15(20)18-12-6-10-14-8-4-5-9-14/h14H,4-13H2,1-3H3,(H,18,20)(H,19,21). The predicted molar refractivity (Wildman–Crippen MR) is 85.9 cm³/mol. The second kappa shape index (κ2) is 9.06. The van der Waals surface area contributed by atoms with Gasteiger partial charge in [0.25, 0.3) is 0 Å². The number of rotatable bonds is 8. The molecule has 0 aromatic rings. The van der Waals surface area contributed by atoms with Crippen LogP contribution in [-0.4, -0.2) is 24.9 Å². The van der Waals surface area contributed by atoms with E-state index in [4.69, 9.17) is 0 Å². The average Bonchev–Trinajstić information content (AvgIpc) is 2.91. The van der Waals surface area contributed by atoms with Crippen molar-refractivity contribution in [3.63, 3.8) is 0 Å². The maximum atomic E-state index is 11.7. The number of carbonyl (C=O) groups is 2. The fourth-order valence-electron chi connectivity index (χ4n) is 2.72. The molecule has 0 aromatic carbocycles. The largest absolute Gasteiger partial charge is 0.356 e. The third kappa shape index (κ3) is 8.08. The van der Waals surface area contributed by atoms with Crippen molar-refractivity contribution >= 4 is 11.8 Å². The highest BCUT2D eigenvalue weighted by molar-refractivity contribution is 5.81. The number of hydrogen-bond acceptors (Lipinski definition) is 2. The van der Waals surface area contributed by atoms with Crippen LogP contribution < -0.4 is 10.6 Å². The number of nitrogens with one attached hydrogen (secondary N) is 2. The third-order valence-corrected chi connectivity index (χ3v) is 4.13. The first-order chi connectivity index (χ1) is 9.89. The van der Waals surface area contributed by atoms with Crippen molar-refractivity contribution < 1.29 is 9.59 Å². The van der Waals surface area contributed by atoms with E-state index < -0.39 is 0 Å². The molecule has 0 saturated heterocycles. The first-order valence-electron chi connectivity index (χ1n) is 8.44. The number of amides is 2. The van der Waals surface area contributed by atoms with Crippen molar-refractivity contribution in [3.05, 3.63) is 0 Å². The minimum atomic E-state index is -0.359. The van der Waals surface area contributed by atoms with Crippen molar-refractivity contribution in [2.75, 3.05) is 13.1 Å². The van der Waals surface area contributed by atoms with Crippen LogP contribution in [-0.2, 0) is 9.59 Å². The SMILES string of the molecule is CC(C)(C)C(=O)NCCCC(=O)NCCCC1CCCC1. The number of carbonyl (C=O) groups excluding carboxylic acids is 2. The van der Waals surface area contributed by atoms with Gasteiger partial charge in [0.1, 0.15) is 0 Å². The van der Waals surface area contributed by atoms with Gasteiger partial charge in [-0.15, -0.1) is 0 Å². The van der Waals surface area contributed by atoms with E-state index >= 15 is 0 Å². The molecule has 2 N–H and O–H groups in total. The van der Waals surface area contributed by atoms with Crippen LogP contribution in [0.3, 0.4) is 0 Å². The van der Waals surface area contributed by atoms with Gasteiger partial charge in [0.15, 0.2) is 0 Å². The van der Waals surface area contributed by atoms with E-state index in [-0.39, 0.29) is 17.2 Å². The van der Waals surface area contributed by atoms with Gasteiger partial charge >= 0.3 is 0 Å². The Morgan fingerprint density at radius 3 is 2.24 bits per heavy atom. The molecule has 0 aromatic heterocycles. The molecule has 1 aliphatic carbocycles. The van der Waals surface area contributed by atoms with E-state index in [1.54, 1.807) is 0 Å². The molecular weight excluding hydrogens is 264 g/mol. The van der Waals surface area contributed by atoms with Crippen LogP contribution in [0.25, 0.3) is 0 Å².